The van der Waals surface area contributed by atoms with E-state index < -0.39 is 31.8 Å². The number of aromatic nitrogens is 3. The van der Waals surface area contributed by atoms with Crippen molar-refractivity contribution in [3.05, 3.63) is 64.8 Å². The summed E-state index contributed by atoms with van der Waals surface area (Å²) in [6.45, 7) is 0.722. The molecular formula is C23H24N6O7S3. The zero-order chi connectivity index (χ0) is 27.9. The number of nitrogens with zero attached hydrogens (tertiary/aromatic N) is 4. The third-order valence-electron chi connectivity index (χ3n) is 6.10. The molecule has 1 atom stereocenters. The van der Waals surface area contributed by atoms with Crippen LogP contribution in [0.15, 0.2) is 46.9 Å². The molecule has 206 valence electrons. The number of nitrogens with two attached hydrogens (primary N) is 1. The fourth-order valence-corrected chi connectivity index (χ4v) is 6.93. The second-order valence-electron chi connectivity index (χ2n) is 8.99. The maximum absolute atomic E-state index is 12.8. The topological polar surface area (TPSA) is 188 Å². The number of methoxy groups -OCH3 is 1. The van der Waals surface area contributed by atoms with Crippen LogP contribution in [0.1, 0.15) is 32.4 Å². The van der Waals surface area contributed by atoms with Crippen molar-refractivity contribution >= 4 is 47.5 Å². The molecule has 3 N–H and O–H groups in total. The molecule has 39 heavy (non-hydrogen) atoms. The molecule has 1 unspecified atom stereocenters. The number of hydrogen-bond donors (Lipinski definition) is 2. The van der Waals surface area contributed by atoms with Crippen molar-refractivity contribution in [3.63, 3.8) is 0 Å². The summed E-state index contributed by atoms with van der Waals surface area (Å²) in [6.07, 6.45) is 1.09. The number of amides is 1. The van der Waals surface area contributed by atoms with Crippen molar-refractivity contribution in [3.8, 4) is 11.1 Å². The first-order valence-corrected chi connectivity index (χ1v) is 15.8. The van der Waals surface area contributed by atoms with Crippen LogP contribution in [0.2, 0.25) is 0 Å². The van der Waals surface area contributed by atoms with E-state index in [1.807, 2.05) is 35.1 Å². The second kappa shape index (κ2) is 10.4. The first kappa shape index (κ1) is 27.3. The summed E-state index contributed by atoms with van der Waals surface area (Å²) in [5.41, 5.74) is 2.79. The minimum absolute atomic E-state index is 0.0633. The van der Waals surface area contributed by atoms with Gasteiger partial charge in [0.1, 0.15) is 5.01 Å². The van der Waals surface area contributed by atoms with Gasteiger partial charge in [-0.3, -0.25) is 4.79 Å². The zero-order valence-electron chi connectivity index (χ0n) is 20.8. The van der Waals surface area contributed by atoms with E-state index in [-0.39, 0.29) is 28.8 Å². The lowest BCUT2D eigenvalue weighted by Crippen LogP contribution is -2.54. The predicted molar refractivity (Wildman–Crippen MR) is 143 cm³/mol. The Kier molecular flexibility index (Phi) is 7.25. The first-order chi connectivity index (χ1) is 18.4. The number of hydrogen-bond acceptors (Lipinski definition) is 11. The minimum atomic E-state index is -4.00. The molecule has 1 aliphatic heterocycles. The number of likely N-dealkylation sites (tertiary alicyclic amines) is 1. The lowest BCUT2D eigenvalue weighted by Gasteiger charge is -2.38. The third kappa shape index (κ3) is 6.00. The molecule has 0 spiro atoms. The van der Waals surface area contributed by atoms with E-state index in [1.54, 1.807) is 24.1 Å². The normalized spacial score (nSPS) is 15.4. The quantitative estimate of drug-likeness (QED) is 0.286. The van der Waals surface area contributed by atoms with Crippen LogP contribution in [0.25, 0.3) is 21.3 Å². The monoisotopic (exact) mass is 592 g/mol. The van der Waals surface area contributed by atoms with Crippen molar-refractivity contribution in [2.75, 3.05) is 26.5 Å². The number of carbonyl (C=O) groups is 1. The molecule has 1 fully saturated rings. The molecule has 1 aliphatic rings. The van der Waals surface area contributed by atoms with Gasteiger partial charge in [0.25, 0.3) is 16.1 Å². The minimum Gasteiger partial charge on any atom is -0.422 e. The summed E-state index contributed by atoms with van der Waals surface area (Å²) in [4.78, 5) is 19.1. The van der Waals surface area contributed by atoms with Crippen LogP contribution in [-0.4, -0.2) is 75.4 Å². The summed E-state index contributed by atoms with van der Waals surface area (Å²) in [5, 5.41) is 11.3. The van der Waals surface area contributed by atoms with Crippen molar-refractivity contribution in [2.24, 2.45) is 5.14 Å². The Morgan fingerprint density at radius 1 is 1.18 bits per heavy atom. The molecule has 5 rings (SSSR count). The fraction of sp³-hybridized carbons (Fsp3) is 0.304. The smallest absolute Gasteiger partial charge is 0.274 e. The van der Waals surface area contributed by atoms with Crippen LogP contribution in [0.3, 0.4) is 0 Å². The Balaban J connectivity index is 1.43. The van der Waals surface area contributed by atoms with Gasteiger partial charge in [0.2, 0.25) is 11.8 Å². The summed E-state index contributed by atoms with van der Waals surface area (Å²) >= 11 is 1.16. The molecule has 3 heterocycles. The molecule has 1 amide bonds. The Morgan fingerprint density at radius 2 is 1.92 bits per heavy atom. The number of ether oxygens (including phenoxy) is 1. The highest BCUT2D eigenvalue weighted by Crippen LogP contribution is 2.36. The Hall–Kier alpha value is -3.28. The van der Waals surface area contributed by atoms with Gasteiger partial charge in [-0.2, -0.15) is 13.1 Å². The number of thiazole rings is 1. The van der Waals surface area contributed by atoms with E-state index in [2.05, 4.69) is 15.2 Å². The SMILES string of the molecule is COC1CN(C(=O)c2cccc(-c3ccc4nc(C(c5nnc(CNS(N)(=O)=O)o5)S(C)(=O)=O)sc4c3)c2)C1. The van der Waals surface area contributed by atoms with Gasteiger partial charge in [0.05, 0.1) is 22.9 Å². The van der Waals surface area contributed by atoms with E-state index >= 15 is 0 Å². The van der Waals surface area contributed by atoms with Crippen LogP contribution >= 0.6 is 11.3 Å². The first-order valence-electron chi connectivity index (χ1n) is 11.5. The van der Waals surface area contributed by atoms with Gasteiger partial charge >= 0.3 is 0 Å². The molecule has 0 aliphatic carbocycles. The highest BCUT2D eigenvalue weighted by molar-refractivity contribution is 7.91. The lowest BCUT2D eigenvalue weighted by atomic mass is 10.0. The molecule has 2 aromatic heterocycles. The fourth-order valence-electron chi connectivity index (χ4n) is 4.08. The molecule has 0 saturated carbocycles. The molecule has 16 heteroatoms. The number of benzene rings is 2. The van der Waals surface area contributed by atoms with Crippen molar-refractivity contribution in [1.82, 2.24) is 24.8 Å². The number of rotatable bonds is 9. The standard InChI is InChI=1S/C23H24N6O7S3/c1-35-16-11-29(12-16)23(30)15-5-3-4-13(8-15)14-6-7-17-18(9-14)37-22(26-17)20(38(2,31)32)21-28-27-19(36-21)10-25-39(24,33)34/h3-9,16,20,25H,10-12H2,1-2H3,(H2,24,33,34). The van der Waals surface area contributed by atoms with Crippen LogP contribution in [0, 0.1) is 0 Å². The zero-order valence-corrected chi connectivity index (χ0v) is 23.2. The van der Waals surface area contributed by atoms with Crippen molar-refractivity contribution < 1.29 is 30.8 Å². The molecule has 1 saturated heterocycles. The lowest BCUT2D eigenvalue weighted by molar-refractivity contribution is -0.0191. The van der Waals surface area contributed by atoms with Gasteiger partial charge in [0, 0.05) is 32.0 Å². The van der Waals surface area contributed by atoms with Crippen LogP contribution < -0.4 is 9.86 Å². The van der Waals surface area contributed by atoms with E-state index in [1.165, 1.54) is 0 Å². The van der Waals surface area contributed by atoms with Crippen LogP contribution in [0.4, 0.5) is 0 Å². The predicted octanol–water partition coefficient (Wildman–Crippen LogP) is 1.24. The summed E-state index contributed by atoms with van der Waals surface area (Å²) in [7, 11) is -6.18. The largest absolute Gasteiger partial charge is 0.422 e. The Morgan fingerprint density at radius 3 is 2.62 bits per heavy atom. The van der Waals surface area contributed by atoms with Crippen LogP contribution in [0.5, 0.6) is 0 Å². The van der Waals surface area contributed by atoms with E-state index in [9.17, 15) is 21.6 Å². The maximum Gasteiger partial charge on any atom is 0.274 e. The highest BCUT2D eigenvalue weighted by Gasteiger charge is 2.34. The molecular weight excluding hydrogens is 568 g/mol. The number of nitrogens with one attached hydrogen (secondary N) is 1. The van der Waals surface area contributed by atoms with E-state index in [4.69, 9.17) is 14.3 Å². The molecule has 13 nitrogen and oxygen atoms in total. The molecule has 0 radical (unpaired) electrons. The third-order valence-corrected chi connectivity index (χ3v) is 9.16. The van der Waals surface area contributed by atoms with E-state index in [0.717, 1.165) is 28.7 Å². The van der Waals surface area contributed by atoms with Gasteiger partial charge in [-0.05, 0) is 35.4 Å². The molecule has 4 aromatic rings. The average molecular weight is 593 g/mol. The van der Waals surface area contributed by atoms with E-state index in [0.29, 0.717) is 28.9 Å². The van der Waals surface area contributed by atoms with Gasteiger partial charge in [0.15, 0.2) is 15.1 Å². The molecule has 0 bridgehead atoms. The summed E-state index contributed by atoms with van der Waals surface area (Å²) in [5.74, 6) is -0.460. The number of carbonyl (C=O) groups excluding carboxylic acids is 1. The van der Waals surface area contributed by atoms with Crippen LogP contribution in [-0.2, 0) is 31.3 Å². The van der Waals surface area contributed by atoms with Crippen molar-refractivity contribution in [2.45, 2.75) is 17.9 Å². The maximum atomic E-state index is 12.8. The second-order valence-corrected chi connectivity index (χ2v) is 13.6. The van der Waals surface area contributed by atoms with Crippen molar-refractivity contribution in [1.29, 1.82) is 0 Å². The Labute approximate surface area is 228 Å². The number of sulfone groups is 1. The van der Waals surface area contributed by atoms with Gasteiger partial charge in [-0.1, -0.05) is 18.2 Å². The number of fused-ring (bicyclic) bond motifs is 1. The van der Waals surface area contributed by atoms with Gasteiger partial charge in [-0.25, -0.2) is 18.5 Å². The molecule has 2 aromatic carbocycles. The van der Waals surface area contributed by atoms with Gasteiger partial charge < -0.3 is 14.1 Å². The summed E-state index contributed by atoms with van der Waals surface area (Å²) < 4.78 is 61.1. The summed E-state index contributed by atoms with van der Waals surface area (Å²) in [6, 6.07) is 12.8. The average Bonchev–Trinajstić information content (AvgIpc) is 3.47. The Bertz CT molecular complexity index is 1760. The van der Waals surface area contributed by atoms with Gasteiger partial charge in [-0.15, -0.1) is 21.5 Å². The highest BCUT2D eigenvalue weighted by atomic mass is 32.2.